The maximum atomic E-state index is 13.4. The SMILES string of the molecule is Cc1ccc(F)cc1C(N)C1CCc2ccccc21. The van der Waals surface area contributed by atoms with Crippen LogP contribution in [-0.4, -0.2) is 0 Å². The van der Waals surface area contributed by atoms with E-state index >= 15 is 0 Å². The minimum absolute atomic E-state index is 0.126. The Kier molecular flexibility index (Phi) is 3.11. The van der Waals surface area contributed by atoms with Crippen LogP contribution in [-0.2, 0) is 6.42 Å². The quantitative estimate of drug-likeness (QED) is 0.866. The smallest absolute Gasteiger partial charge is 0.123 e. The summed E-state index contributed by atoms with van der Waals surface area (Å²) in [4.78, 5) is 0. The van der Waals surface area contributed by atoms with Gasteiger partial charge < -0.3 is 5.73 Å². The van der Waals surface area contributed by atoms with E-state index in [0.717, 1.165) is 24.0 Å². The van der Waals surface area contributed by atoms with Gasteiger partial charge in [0.25, 0.3) is 0 Å². The molecule has 3 rings (SSSR count). The normalized spacial score (nSPS) is 19.2. The maximum Gasteiger partial charge on any atom is 0.123 e. The minimum atomic E-state index is -0.206. The monoisotopic (exact) mass is 255 g/mol. The summed E-state index contributed by atoms with van der Waals surface area (Å²) in [7, 11) is 0. The van der Waals surface area contributed by atoms with Gasteiger partial charge in [-0.1, -0.05) is 30.3 Å². The van der Waals surface area contributed by atoms with E-state index in [9.17, 15) is 4.39 Å². The summed E-state index contributed by atoms with van der Waals surface area (Å²) in [6.45, 7) is 2.00. The van der Waals surface area contributed by atoms with Crippen molar-refractivity contribution in [1.29, 1.82) is 0 Å². The molecule has 0 saturated carbocycles. The second-order valence-electron chi connectivity index (χ2n) is 5.37. The van der Waals surface area contributed by atoms with Gasteiger partial charge in [-0.05, 0) is 54.2 Å². The highest BCUT2D eigenvalue weighted by molar-refractivity contribution is 5.40. The molecule has 2 aromatic carbocycles. The highest BCUT2D eigenvalue weighted by Gasteiger charge is 2.29. The number of hydrogen-bond acceptors (Lipinski definition) is 1. The lowest BCUT2D eigenvalue weighted by Gasteiger charge is -2.22. The average molecular weight is 255 g/mol. The molecule has 0 aromatic heterocycles. The number of nitrogens with two attached hydrogens (primary N) is 1. The van der Waals surface area contributed by atoms with E-state index in [4.69, 9.17) is 5.73 Å². The van der Waals surface area contributed by atoms with Crippen molar-refractivity contribution in [2.75, 3.05) is 0 Å². The summed E-state index contributed by atoms with van der Waals surface area (Å²) in [5, 5.41) is 0. The molecule has 98 valence electrons. The van der Waals surface area contributed by atoms with Crippen molar-refractivity contribution >= 4 is 0 Å². The Bertz CT molecular complexity index is 606. The molecule has 0 amide bonds. The molecule has 0 aliphatic heterocycles. The third-order valence-corrected chi connectivity index (χ3v) is 4.21. The Labute approximate surface area is 113 Å². The van der Waals surface area contributed by atoms with Crippen molar-refractivity contribution in [3.63, 3.8) is 0 Å². The fraction of sp³-hybridized carbons (Fsp3) is 0.294. The average Bonchev–Trinajstić information content (AvgIpc) is 2.84. The Morgan fingerprint density at radius 3 is 2.84 bits per heavy atom. The van der Waals surface area contributed by atoms with Crippen LogP contribution in [0.5, 0.6) is 0 Å². The molecule has 2 N–H and O–H groups in total. The molecule has 19 heavy (non-hydrogen) atoms. The fourth-order valence-electron chi connectivity index (χ4n) is 3.15. The zero-order chi connectivity index (χ0) is 13.4. The van der Waals surface area contributed by atoms with Crippen LogP contribution in [0.4, 0.5) is 4.39 Å². The third kappa shape index (κ3) is 2.17. The Morgan fingerprint density at radius 2 is 2.00 bits per heavy atom. The van der Waals surface area contributed by atoms with Crippen molar-refractivity contribution in [3.8, 4) is 0 Å². The van der Waals surface area contributed by atoms with Crippen LogP contribution < -0.4 is 5.73 Å². The van der Waals surface area contributed by atoms with Crippen molar-refractivity contribution in [2.24, 2.45) is 5.73 Å². The molecule has 1 aliphatic carbocycles. The number of aryl methyl sites for hydroxylation is 2. The topological polar surface area (TPSA) is 26.0 Å². The molecule has 0 heterocycles. The number of benzene rings is 2. The largest absolute Gasteiger partial charge is 0.323 e. The van der Waals surface area contributed by atoms with Gasteiger partial charge in [0, 0.05) is 12.0 Å². The molecular formula is C17H18FN. The third-order valence-electron chi connectivity index (χ3n) is 4.21. The van der Waals surface area contributed by atoms with Gasteiger partial charge in [0.1, 0.15) is 5.82 Å². The van der Waals surface area contributed by atoms with Gasteiger partial charge in [-0.15, -0.1) is 0 Å². The number of halogens is 1. The molecule has 1 nitrogen and oxygen atoms in total. The first-order valence-electron chi connectivity index (χ1n) is 6.76. The highest BCUT2D eigenvalue weighted by Crippen LogP contribution is 2.41. The summed E-state index contributed by atoms with van der Waals surface area (Å²) in [6.07, 6.45) is 2.12. The van der Waals surface area contributed by atoms with Crippen LogP contribution >= 0.6 is 0 Å². The lowest BCUT2D eigenvalue weighted by molar-refractivity contribution is 0.542. The predicted molar refractivity (Wildman–Crippen MR) is 75.6 cm³/mol. The summed E-state index contributed by atoms with van der Waals surface area (Å²) >= 11 is 0. The molecule has 2 heteroatoms. The second-order valence-corrected chi connectivity index (χ2v) is 5.37. The molecule has 0 spiro atoms. The van der Waals surface area contributed by atoms with E-state index in [-0.39, 0.29) is 11.9 Å². The van der Waals surface area contributed by atoms with Crippen LogP contribution in [0.2, 0.25) is 0 Å². The molecular weight excluding hydrogens is 237 g/mol. The highest BCUT2D eigenvalue weighted by atomic mass is 19.1. The van der Waals surface area contributed by atoms with Gasteiger partial charge in [-0.3, -0.25) is 0 Å². The van der Waals surface area contributed by atoms with Crippen molar-refractivity contribution in [3.05, 3.63) is 70.5 Å². The van der Waals surface area contributed by atoms with Crippen LogP contribution in [0.25, 0.3) is 0 Å². The number of rotatable bonds is 2. The zero-order valence-electron chi connectivity index (χ0n) is 11.1. The summed E-state index contributed by atoms with van der Waals surface area (Å²) in [5.41, 5.74) is 11.1. The van der Waals surface area contributed by atoms with Crippen LogP contribution in [0, 0.1) is 12.7 Å². The molecule has 0 radical (unpaired) electrons. The van der Waals surface area contributed by atoms with Crippen LogP contribution in [0.1, 0.15) is 40.6 Å². The van der Waals surface area contributed by atoms with E-state index in [1.807, 2.05) is 13.0 Å². The molecule has 0 fully saturated rings. The number of hydrogen-bond donors (Lipinski definition) is 1. The molecule has 2 atom stereocenters. The number of fused-ring (bicyclic) bond motifs is 1. The molecule has 1 aliphatic rings. The molecule has 2 aromatic rings. The van der Waals surface area contributed by atoms with Gasteiger partial charge >= 0.3 is 0 Å². The first kappa shape index (κ1) is 12.4. The molecule has 0 saturated heterocycles. The lowest BCUT2D eigenvalue weighted by Crippen LogP contribution is -2.19. The summed E-state index contributed by atoms with van der Waals surface area (Å²) in [5.74, 6) is 0.0963. The Morgan fingerprint density at radius 1 is 1.21 bits per heavy atom. The molecule has 0 bridgehead atoms. The fourth-order valence-corrected chi connectivity index (χ4v) is 3.15. The maximum absolute atomic E-state index is 13.4. The van der Waals surface area contributed by atoms with Crippen molar-refractivity contribution < 1.29 is 4.39 Å². The van der Waals surface area contributed by atoms with Gasteiger partial charge in [0.2, 0.25) is 0 Å². The summed E-state index contributed by atoms with van der Waals surface area (Å²) in [6, 6.07) is 13.2. The van der Waals surface area contributed by atoms with Crippen molar-refractivity contribution in [1.82, 2.24) is 0 Å². The van der Waals surface area contributed by atoms with Crippen molar-refractivity contribution in [2.45, 2.75) is 31.7 Å². The molecule has 2 unspecified atom stereocenters. The Balaban J connectivity index is 1.97. The Hall–Kier alpha value is -1.67. The van der Waals surface area contributed by atoms with E-state index in [2.05, 4.69) is 24.3 Å². The van der Waals surface area contributed by atoms with Gasteiger partial charge in [0.15, 0.2) is 0 Å². The minimum Gasteiger partial charge on any atom is -0.323 e. The first-order valence-corrected chi connectivity index (χ1v) is 6.76. The van der Waals surface area contributed by atoms with E-state index in [1.165, 1.54) is 17.2 Å². The first-order chi connectivity index (χ1) is 9.16. The zero-order valence-corrected chi connectivity index (χ0v) is 11.1. The van der Waals surface area contributed by atoms with Gasteiger partial charge in [-0.2, -0.15) is 0 Å². The second kappa shape index (κ2) is 4.78. The van der Waals surface area contributed by atoms with Crippen LogP contribution in [0.3, 0.4) is 0 Å². The van der Waals surface area contributed by atoms with E-state index < -0.39 is 0 Å². The van der Waals surface area contributed by atoms with Crippen LogP contribution in [0.15, 0.2) is 42.5 Å². The lowest BCUT2D eigenvalue weighted by atomic mass is 9.87. The van der Waals surface area contributed by atoms with Gasteiger partial charge in [0.05, 0.1) is 0 Å². The predicted octanol–water partition coefficient (Wildman–Crippen LogP) is 3.86. The van der Waals surface area contributed by atoms with Gasteiger partial charge in [-0.25, -0.2) is 4.39 Å². The van der Waals surface area contributed by atoms with E-state index in [0.29, 0.717) is 5.92 Å². The van der Waals surface area contributed by atoms with E-state index in [1.54, 1.807) is 6.07 Å². The summed E-state index contributed by atoms with van der Waals surface area (Å²) < 4.78 is 13.4. The standard InChI is InChI=1S/C17H18FN/c1-11-6-8-13(18)10-16(11)17(19)15-9-7-12-4-2-3-5-14(12)15/h2-6,8,10,15,17H,7,9,19H2,1H3.